The average molecular weight is 423 g/mol. The van der Waals surface area contributed by atoms with Crippen LogP contribution in [0.25, 0.3) is 27.8 Å². The van der Waals surface area contributed by atoms with Crippen LogP contribution < -0.4 is 17.3 Å². The molecule has 0 radical (unpaired) electrons. The minimum Gasteiger partial charge on any atom is -0.386 e. The molecule has 1 saturated carbocycles. The molecule has 154 valence electrons. The summed E-state index contributed by atoms with van der Waals surface area (Å²) >= 11 is 6.36. The number of nitrogens with zero attached hydrogens (tertiary/aromatic N) is 4. The molecule has 5 rings (SSSR count). The number of para-hydroxylation sites is 1. The highest BCUT2D eigenvalue weighted by atomic mass is 35.5. The summed E-state index contributed by atoms with van der Waals surface area (Å²) in [6, 6.07) is 7.87. The lowest BCUT2D eigenvalue weighted by Crippen LogP contribution is -2.29. The van der Waals surface area contributed by atoms with Gasteiger partial charge in [-0.1, -0.05) is 23.7 Å². The number of halogens is 1. The topological polar surface area (TPSA) is 136 Å². The van der Waals surface area contributed by atoms with E-state index < -0.39 is 0 Å². The predicted molar refractivity (Wildman–Crippen MR) is 120 cm³/mol. The highest BCUT2D eigenvalue weighted by Crippen LogP contribution is 2.39. The fraction of sp³-hybridized carbons (Fsp3) is 0.286. The van der Waals surface area contributed by atoms with Gasteiger partial charge in [0.15, 0.2) is 0 Å². The van der Waals surface area contributed by atoms with Gasteiger partial charge in [0.25, 0.3) is 0 Å². The Morgan fingerprint density at radius 1 is 1.23 bits per heavy atom. The summed E-state index contributed by atoms with van der Waals surface area (Å²) in [6.07, 6.45) is 7.42. The van der Waals surface area contributed by atoms with Gasteiger partial charge < -0.3 is 22.3 Å². The summed E-state index contributed by atoms with van der Waals surface area (Å²) in [4.78, 5) is 12.8. The third-order valence-corrected chi connectivity index (χ3v) is 6.45. The SMILES string of the molecule is N/N=C(\N)C1CCC(c2nc(-c3cc4cccc(Cl)c4[nH]3)c3c(N)nccn23)CC1. The molecule has 3 heterocycles. The Bertz CT molecular complexity index is 1260. The number of rotatable bonds is 3. The molecule has 3 aromatic heterocycles. The number of hydrazone groups is 1. The highest BCUT2D eigenvalue weighted by Gasteiger charge is 2.29. The second-order valence-corrected chi connectivity index (χ2v) is 8.25. The van der Waals surface area contributed by atoms with Crippen LogP contribution in [0, 0.1) is 5.92 Å². The third kappa shape index (κ3) is 2.95. The molecule has 4 aromatic rings. The summed E-state index contributed by atoms with van der Waals surface area (Å²) < 4.78 is 2.07. The molecule has 0 bridgehead atoms. The van der Waals surface area contributed by atoms with Crippen LogP contribution in [0.15, 0.2) is 41.8 Å². The van der Waals surface area contributed by atoms with Gasteiger partial charge in [-0.15, -0.1) is 0 Å². The van der Waals surface area contributed by atoms with Crippen molar-refractivity contribution in [3.05, 3.63) is 47.5 Å². The number of nitrogen functional groups attached to an aromatic ring is 1. The van der Waals surface area contributed by atoms with Crippen LogP contribution >= 0.6 is 11.6 Å². The monoisotopic (exact) mass is 422 g/mol. The largest absolute Gasteiger partial charge is 0.386 e. The van der Waals surface area contributed by atoms with Gasteiger partial charge in [0.2, 0.25) is 0 Å². The Morgan fingerprint density at radius 3 is 2.77 bits per heavy atom. The van der Waals surface area contributed by atoms with Crippen LogP contribution in [-0.4, -0.2) is 25.2 Å². The molecule has 30 heavy (non-hydrogen) atoms. The van der Waals surface area contributed by atoms with Crippen LogP contribution in [0.3, 0.4) is 0 Å². The Morgan fingerprint density at radius 2 is 2.03 bits per heavy atom. The van der Waals surface area contributed by atoms with Crippen molar-refractivity contribution in [1.82, 2.24) is 19.4 Å². The fourth-order valence-electron chi connectivity index (χ4n) is 4.56. The molecular weight excluding hydrogens is 400 g/mol. The van der Waals surface area contributed by atoms with E-state index in [-0.39, 0.29) is 5.92 Å². The summed E-state index contributed by atoms with van der Waals surface area (Å²) in [7, 11) is 0. The lowest BCUT2D eigenvalue weighted by Gasteiger charge is -2.27. The first kappa shape index (κ1) is 18.7. The number of nitrogens with one attached hydrogen (secondary N) is 1. The van der Waals surface area contributed by atoms with E-state index in [4.69, 9.17) is 33.9 Å². The summed E-state index contributed by atoms with van der Waals surface area (Å²) in [5, 5.41) is 5.38. The van der Waals surface area contributed by atoms with Crippen molar-refractivity contribution in [2.45, 2.75) is 31.6 Å². The lowest BCUT2D eigenvalue weighted by molar-refractivity contribution is 0.378. The smallest absolute Gasteiger partial charge is 0.150 e. The summed E-state index contributed by atoms with van der Waals surface area (Å²) in [5.74, 6) is 7.86. The van der Waals surface area contributed by atoms with Gasteiger partial charge in [-0.05, 0) is 37.8 Å². The summed E-state index contributed by atoms with van der Waals surface area (Å²) in [6.45, 7) is 0. The molecule has 1 aliphatic carbocycles. The molecule has 0 atom stereocenters. The van der Waals surface area contributed by atoms with Crippen molar-refractivity contribution in [1.29, 1.82) is 0 Å². The second-order valence-electron chi connectivity index (χ2n) is 7.84. The highest BCUT2D eigenvalue weighted by molar-refractivity contribution is 6.35. The van der Waals surface area contributed by atoms with Gasteiger partial charge in [0.05, 0.1) is 16.2 Å². The number of amidine groups is 1. The van der Waals surface area contributed by atoms with Crippen LogP contribution in [0.4, 0.5) is 5.82 Å². The second kappa shape index (κ2) is 7.21. The first-order chi connectivity index (χ1) is 14.6. The number of aromatic amines is 1. The Labute approximate surface area is 178 Å². The zero-order chi connectivity index (χ0) is 20.8. The van der Waals surface area contributed by atoms with Crippen LogP contribution in [0.2, 0.25) is 5.02 Å². The van der Waals surface area contributed by atoms with Crippen molar-refractivity contribution >= 4 is 39.7 Å². The molecule has 1 aliphatic rings. The van der Waals surface area contributed by atoms with E-state index in [1.807, 2.05) is 24.4 Å². The number of imidazole rings is 1. The van der Waals surface area contributed by atoms with E-state index in [0.29, 0.717) is 22.6 Å². The normalized spacial score (nSPS) is 20.2. The van der Waals surface area contributed by atoms with E-state index in [2.05, 4.69) is 25.5 Å². The number of anilines is 1. The maximum Gasteiger partial charge on any atom is 0.150 e. The van der Waals surface area contributed by atoms with E-state index in [0.717, 1.165) is 59.3 Å². The van der Waals surface area contributed by atoms with Gasteiger partial charge in [0.1, 0.15) is 28.7 Å². The van der Waals surface area contributed by atoms with Gasteiger partial charge in [0, 0.05) is 29.6 Å². The molecule has 8 nitrogen and oxygen atoms in total. The van der Waals surface area contributed by atoms with E-state index in [1.165, 1.54) is 0 Å². The quantitative estimate of drug-likeness (QED) is 0.173. The molecule has 7 N–H and O–H groups in total. The summed E-state index contributed by atoms with van der Waals surface area (Å²) in [5.41, 5.74) is 15.6. The minimum absolute atomic E-state index is 0.236. The lowest BCUT2D eigenvalue weighted by atomic mass is 9.81. The molecular formula is C21H23ClN8. The third-order valence-electron chi connectivity index (χ3n) is 6.13. The van der Waals surface area contributed by atoms with Gasteiger partial charge in [-0.3, -0.25) is 4.40 Å². The first-order valence-electron chi connectivity index (χ1n) is 10.00. The number of nitrogens with two attached hydrogens (primary N) is 3. The maximum atomic E-state index is 6.36. The van der Waals surface area contributed by atoms with E-state index in [1.54, 1.807) is 6.20 Å². The van der Waals surface area contributed by atoms with Gasteiger partial charge in [-0.25, -0.2) is 9.97 Å². The predicted octanol–water partition coefficient (Wildman–Crippen LogP) is 3.62. The first-order valence-corrected chi connectivity index (χ1v) is 10.4. The Balaban J connectivity index is 1.60. The molecule has 0 spiro atoms. The maximum absolute atomic E-state index is 6.36. The van der Waals surface area contributed by atoms with Crippen molar-refractivity contribution in [2.24, 2.45) is 22.6 Å². The van der Waals surface area contributed by atoms with Crippen molar-refractivity contribution in [3.8, 4) is 11.4 Å². The average Bonchev–Trinajstić information content (AvgIpc) is 3.37. The molecule has 1 fully saturated rings. The molecule has 0 saturated heterocycles. The van der Waals surface area contributed by atoms with Gasteiger partial charge in [-0.2, -0.15) is 5.10 Å². The van der Waals surface area contributed by atoms with Crippen LogP contribution in [0.1, 0.15) is 37.4 Å². The molecule has 1 aromatic carbocycles. The van der Waals surface area contributed by atoms with Crippen LogP contribution in [-0.2, 0) is 0 Å². The Kier molecular flexibility index (Phi) is 4.51. The molecule has 0 unspecified atom stereocenters. The standard InChI is InChI=1S/C21H23ClN8/c22-14-3-1-2-13-10-15(27-16(13)14)17-18-20(24)26-8-9-30(18)21(28-17)12-6-4-11(5-7-12)19(23)29-25/h1-3,8-12,27H,4-7,25H2,(H2,23,29)(H2,24,26). The number of H-pyrrole nitrogens is 1. The van der Waals surface area contributed by atoms with E-state index >= 15 is 0 Å². The number of hydrogen-bond acceptors (Lipinski definition) is 5. The Hall–Kier alpha value is -3.26. The van der Waals surface area contributed by atoms with Crippen molar-refractivity contribution in [2.75, 3.05) is 5.73 Å². The van der Waals surface area contributed by atoms with Crippen molar-refractivity contribution in [3.63, 3.8) is 0 Å². The molecule has 9 heteroatoms. The zero-order valence-electron chi connectivity index (χ0n) is 16.3. The van der Waals surface area contributed by atoms with Gasteiger partial charge >= 0.3 is 0 Å². The molecule has 0 amide bonds. The van der Waals surface area contributed by atoms with E-state index in [9.17, 15) is 0 Å². The molecule has 0 aliphatic heterocycles. The minimum atomic E-state index is 0.236. The number of aromatic nitrogens is 4. The van der Waals surface area contributed by atoms with Crippen LogP contribution in [0.5, 0.6) is 0 Å². The number of hydrogen-bond donors (Lipinski definition) is 4. The number of benzene rings is 1. The van der Waals surface area contributed by atoms with Crippen molar-refractivity contribution < 1.29 is 0 Å². The number of fused-ring (bicyclic) bond motifs is 2. The zero-order valence-corrected chi connectivity index (χ0v) is 17.1. The fourth-order valence-corrected chi connectivity index (χ4v) is 4.79.